The van der Waals surface area contributed by atoms with E-state index in [0.29, 0.717) is 27.5 Å². The van der Waals surface area contributed by atoms with Crippen molar-refractivity contribution in [3.63, 3.8) is 0 Å². The Morgan fingerprint density at radius 2 is 2.00 bits per heavy atom. The fourth-order valence-electron chi connectivity index (χ4n) is 2.97. The summed E-state index contributed by atoms with van der Waals surface area (Å²) in [5.41, 5.74) is 2.45. The van der Waals surface area contributed by atoms with Gasteiger partial charge in [-0.2, -0.15) is 4.98 Å². The van der Waals surface area contributed by atoms with Crippen LogP contribution >= 0.6 is 11.8 Å². The average Bonchev–Trinajstić information content (AvgIpc) is 3.13. The summed E-state index contributed by atoms with van der Waals surface area (Å²) in [5, 5.41) is 13.7. The number of methoxy groups -OCH3 is 1. The number of ether oxygens (including phenoxy) is 1. The summed E-state index contributed by atoms with van der Waals surface area (Å²) in [6.45, 7) is 1.78. The highest BCUT2D eigenvalue weighted by atomic mass is 32.2. The summed E-state index contributed by atoms with van der Waals surface area (Å²) >= 11 is 1.25. The molecule has 2 heterocycles. The fraction of sp³-hybridized carbons (Fsp3) is 0.143. The number of Topliss-reactive ketones (excluding diaryl/α,β-unsaturated/α-hetero) is 1. The third-order valence-electron chi connectivity index (χ3n) is 4.43. The van der Waals surface area contributed by atoms with E-state index >= 15 is 0 Å². The van der Waals surface area contributed by atoms with E-state index in [4.69, 9.17) is 14.7 Å². The molecule has 0 aliphatic rings. The standard InChI is InChI=1S/C21H18N4O3S/c1-13-18-19(22)25(15-8-4-3-5-9-15)21(23-20(18)28-24-13)29-12-17(26)14-7-6-10-16(11-14)27-2/h3-11,22H,12H2,1-2H3. The van der Waals surface area contributed by atoms with Gasteiger partial charge in [0, 0.05) is 11.3 Å². The summed E-state index contributed by atoms with van der Waals surface area (Å²) in [7, 11) is 1.56. The fourth-order valence-corrected chi connectivity index (χ4v) is 3.87. The summed E-state index contributed by atoms with van der Waals surface area (Å²) in [4.78, 5) is 17.2. The number of hydrogen-bond acceptors (Lipinski definition) is 7. The van der Waals surface area contributed by atoms with Gasteiger partial charge in [-0.05, 0) is 31.2 Å². The first-order valence-electron chi connectivity index (χ1n) is 8.87. The van der Waals surface area contributed by atoms with Crippen molar-refractivity contribution in [2.45, 2.75) is 12.1 Å². The van der Waals surface area contributed by atoms with Crippen molar-refractivity contribution in [2.75, 3.05) is 12.9 Å². The number of nitrogens with one attached hydrogen (secondary N) is 1. The maximum absolute atomic E-state index is 12.7. The van der Waals surface area contributed by atoms with E-state index in [2.05, 4.69) is 10.1 Å². The third kappa shape index (κ3) is 3.66. The molecule has 0 spiro atoms. The zero-order valence-corrected chi connectivity index (χ0v) is 16.7. The molecule has 29 heavy (non-hydrogen) atoms. The van der Waals surface area contributed by atoms with Crippen LogP contribution in [0.5, 0.6) is 5.75 Å². The van der Waals surface area contributed by atoms with Crippen LogP contribution in [0, 0.1) is 12.3 Å². The maximum Gasteiger partial charge on any atom is 0.264 e. The molecule has 0 aliphatic carbocycles. The van der Waals surface area contributed by atoms with Gasteiger partial charge in [-0.25, -0.2) is 0 Å². The van der Waals surface area contributed by atoms with Gasteiger partial charge < -0.3 is 9.26 Å². The number of para-hydroxylation sites is 1. The number of benzene rings is 2. The molecule has 146 valence electrons. The molecule has 2 aromatic heterocycles. The van der Waals surface area contributed by atoms with Gasteiger partial charge in [0.1, 0.15) is 16.6 Å². The largest absolute Gasteiger partial charge is 0.497 e. The minimum Gasteiger partial charge on any atom is -0.497 e. The number of thioether (sulfide) groups is 1. The Morgan fingerprint density at radius 1 is 1.21 bits per heavy atom. The molecule has 8 heteroatoms. The molecule has 0 fully saturated rings. The van der Waals surface area contributed by atoms with Crippen molar-refractivity contribution in [3.05, 3.63) is 71.3 Å². The highest BCUT2D eigenvalue weighted by molar-refractivity contribution is 7.99. The number of hydrogen-bond donors (Lipinski definition) is 1. The van der Waals surface area contributed by atoms with Crippen molar-refractivity contribution in [1.29, 1.82) is 5.41 Å². The maximum atomic E-state index is 12.7. The number of fused-ring (bicyclic) bond motifs is 1. The van der Waals surface area contributed by atoms with Crippen LogP contribution in [0.2, 0.25) is 0 Å². The average molecular weight is 406 g/mol. The van der Waals surface area contributed by atoms with Gasteiger partial charge in [0.25, 0.3) is 5.71 Å². The SMILES string of the molecule is COc1cccc(C(=O)CSc2nc3onc(C)c3c(=N)n2-c2ccccc2)c1. The van der Waals surface area contributed by atoms with Gasteiger partial charge in [0.15, 0.2) is 10.9 Å². The summed E-state index contributed by atoms with van der Waals surface area (Å²) < 4.78 is 12.2. The molecular formula is C21H18N4O3S. The quantitative estimate of drug-likeness (QED) is 0.297. The second-order valence-corrected chi connectivity index (χ2v) is 7.25. The lowest BCUT2D eigenvalue weighted by atomic mass is 10.1. The van der Waals surface area contributed by atoms with Gasteiger partial charge in [-0.3, -0.25) is 14.8 Å². The first kappa shape index (κ1) is 18.9. The number of aromatic nitrogens is 3. The molecule has 0 aliphatic heterocycles. The van der Waals surface area contributed by atoms with Crippen LogP contribution in [0.1, 0.15) is 16.1 Å². The molecular weight excluding hydrogens is 388 g/mol. The zero-order valence-electron chi connectivity index (χ0n) is 15.9. The van der Waals surface area contributed by atoms with E-state index in [-0.39, 0.29) is 22.7 Å². The Bertz CT molecular complexity index is 1250. The number of rotatable bonds is 6. The second-order valence-electron chi connectivity index (χ2n) is 6.31. The molecule has 0 amide bonds. The Labute approximate surface area is 170 Å². The second kappa shape index (κ2) is 7.92. The first-order chi connectivity index (χ1) is 14.1. The molecule has 0 saturated carbocycles. The van der Waals surface area contributed by atoms with E-state index in [1.165, 1.54) is 11.8 Å². The molecule has 0 saturated heterocycles. The Morgan fingerprint density at radius 3 is 2.76 bits per heavy atom. The molecule has 0 atom stereocenters. The van der Waals surface area contributed by atoms with Crippen LogP contribution in [0.15, 0.2) is 64.3 Å². The molecule has 7 nitrogen and oxygen atoms in total. The molecule has 4 aromatic rings. The smallest absolute Gasteiger partial charge is 0.264 e. The van der Waals surface area contributed by atoms with Crippen LogP contribution in [0.4, 0.5) is 0 Å². The van der Waals surface area contributed by atoms with Crippen LogP contribution in [-0.2, 0) is 0 Å². The highest BCUT2D eigenvalue weighted by Gasteiger charge is 2.18. The minimum absolute atomic E-state index is 0.0595. The van der Waals surface area contributed by atoms with Gasteiger partial charge >= 0.3 is 0 Å². The molecule has 1 N–H and O–H groups in total. The number of nitrogens with zero attached hydrogens (tertiary/aromatic N) is 3. The lowest BCUT2D eigenvalue weighted by Gasteiger charge is -2.12. The summed E-state index contributed by atoms with van der Waals surface area (Å²) in [5.74, 6) is 0.728. The first-order valence-corrected chi connectivity index (χ1v) is 9.86. The monoisotopic (exact) mass is 406 g/mol. The topological polar surface area (TPSA) is 94.0 Å². The number of carbonyl (C=O) groups excluding carboxylic acids is 1. The third-order valence-corrected chi connectivity index (χ3v) is 5.37. The highest BCUT2D eigenvalue weighted by Crippen LogP contribution is 2.24. The molecule has 4 rings (SSSR count). The van der Waals surface area contributed by atoms with Crippen LogP contribution in [0.3, 0.4) is 0 Å². The van der Waals surface area contributed by atoms with Gasteiger partial charge in [0.2, 0.25) is 0 Å². The van der Waals surface area contributed by atoms with Crippen LogP contribution in [-0.4, -0.2) is 33.4 Å². The zero-order chi connectivity index (χ0) is 20.4. The van der Waals surface area contributed by atoms with E-state index in [0.717, 1.165) is 5.69 Å². The summed E-state index contributed by atoms with van der Waals surface area (Å²) in [6, 6.07) is 16.5. The Kier molecular flexibility index (Phi) is 5.18. The lowest BCUT2D eigenvalue weighted by molar-refractivity contribution is 0.102. The predicted molar refractivity (Wildman–Crippen MR) is 110 cm³/mol. The molecule has 0 unspecified atom stereocenters. The summed E-state index contributed by atoms with van der Waals surface area (Å²) in [6.07, 6.45) is 0. The number of carbonyl (C=O) groups is 1. The van der Waals surface area contributed by atoms with Gasteiger partial charge in [-0.15, -0.1) is 0 Å². The van der Waals surface area contributed by atoms with Gasteiger partial charge in [-0.1, -0.05) is 47.3 Å². The normalized spacial score (nSPS) is 11.0. The molecule has 2 aromatic carbocycles. The van der Waals surface area contributed by atoms with E-state index in [1.54, 1.807) is 42.9 Å². The van der Waals surface area contributed by atoms with Gasteiger partial charge in [0.05, 0.1) is 18.6 Å². The lowest BCUT2D eigenvalue weighted by Crippen LogP contribution is -2.22. The predicted octanol–water partition coefficient (Wildman–Crippen LogP) is 3.78. The van der Waals surface area contributed by atoms with Crippen LogP contribution < -0.4 is 10.2 Å². The molecule has 0 bridgehead atoms. The minimum atomic E-state index is -0.0595. The molecule has 0 radical (unpaired) electrons. The Balaban J connectivity index is 1.73. The number of ketones is 1. The Hall–Kier alpha value is -3.39. The van der Waals surface area contributed by atoms with Crippen molar-refractivity contribution in [3.8, 4) is 11.4 Å². The van der Waals surface area contributed by atoms with Crippen molar-refractivity contribution in [1.82, 2.24) is 14.7 Å². The van der Waals surface area contributed by atoms with E-state index in [9.17, 15) is 4.79 Å². The van der Waals surface area contributed by atoms with Crippen LogP contribution in [0.25, 0.3) is 16.8 Å². The van der Waals surface area contributed by atoms with E-state index in [1.807, 2.05) is 30.3 Å². The van der Waals surface area contributed by atoms with Crippen molar-refractivity contribution < 1.29 is 14.1 Å². The van der Waals surface area contributed by atoms with Crippen molar-refractivity contribution >= 4 is 28.6 Å². The van der Waals surface area contributed by atoms with E-state index < -0.39 is 0 Å². The van der Waals surface area contributed by atoms with Crippen molar-refractivity contribution in [2.24, 2.45) is 0 Å². The number of aryl methyl sites for hydroxylation is 1.